The SMILES string of the molecule is CC/C=C\CCCCOC(CCCC(=O)OCCCCCCCN(CCCO)CCCCCCCC(=O)OCCCCCCCCC)OCCCC/C=C\CC. The number of hydrogen-bond acceptors (Lipinski definition) is 8. The van der Waals surface area contributed by atoms with Gasteiger partial charge in [-0.25, -0.2) is 0 Å². The zero-order valence-corrected chi connectivity index (χ0v) is 37.1. The zero-order chi connectivity index (χ0) is 40.8. The molecule has 0 aromatic rings. The molecule has 0 atom stereocenters. The smallest absolute Gasteiger partial charge is 0.305 e. The van der Waals surface area contributed by atoms with Gasteiger partial charge >= 0.3 is 11.9 Å². The van der Waals surface area contributed by atoms with Crippen LogP contribution in [0.1, 0.15) is 213 Å². The molecule has 0 aliphatic rings. The lowest BCUT2D eigenvalue weighted by atomic mass is 10.1. The van der Waals surface area contributed by atoms with Gasteiger partial charge in [0.15, 0.2) is 6.29 Å². The average Bonchev–Trinajstić information content (AvgIpc) is 3.20. The van der Waals surface area contributed by atoms with Gasteiger partial charge < -0.3 is 29.0 Å². The molecule has 330 valence electrons. The highest BCUT2D eigenvalue weighted by molar-refractivity contribution is 5.69. The van der Waals surface area contributed by atoms with E-state index in [1.807, 2.05) is 0 Å². The Bertz CT molecular complexity index is 856. The van der Waals surface area contributed by atoms with Crippen LogP contribution in [0, 0.1) is 0 Å². The van der Waals surface area contributed by atoms with Gasteiger partial charge in [0, 0.05) is 39.2 Å². The van der Waals surface area contributed by atoms with Crippen LogP contribution in [0.2, 0.25) is 0 Å². The number of aliphatic hydroxyl groups excluding tert-OH is 1. The third-order valence-electron chi connectivity index (χ3n) is 10.1. The Hall–Kier alpha value is -1.74. The van der Waals surface area contributed by atoms with Crippen LogP contribution >= 0.6 is 0 Å². The molecule has 0 radical (unpaired) electrons. The first-order valence-electron chi connectivity index (χ1n) is 23.7. The molecule has 0 aromatic carbocycles. The maximum absolute atomic E-state index is 12.4. The first kappa shape index (κ1) is 54.3. The summed E-state index contributed by atoms with van der Waals surface area (Å²) >= 11 is 0. The van der Waals surface area contributed by atoms with Gasteiger partial charge in [0.25, 0.3) is 0 Å². The van der Waals surface area contributed by atoms with Crippen LogP contribution < -0.4 is 0 Å². The summed E-state index contributed by atoms with van der Waals surface area (Å²) in [4.78, 5) is 26.9. The summed E-state index contributed by atoms with van der Waals surface area (Å²) < 4.78 is 23.1. The molecule has 0 bridgehead atoms. The van der Waals surface area contributed by atoms with Gasteiger partial charge in [-0.3, -0.25) is 9.59 Å². The van der Waals surface area contributed by atoms with Crippen LogP contribution in [0.5, 0.6) is 0 Å². The normalized spacial score (nSPS) is 11.9. The Balaban J connectivity index is 3.99. The molecule has 0 rings (SSSR count). The fraction of sp³-hybridized carbons (Fsp3) is 0.875. The Morgan fingerprint density at radius 2 is 0.911 bits per heavy atom. The summed E-state index contributed by atoms with van der Waals surface area (Å²) in [6.07, 6.45) is 40.1. The van der Waals surface area contributed by atoms with Gasteiger partial charge in [0.05, 0.1) is 13.2 Å². The van der Waals surface area contributed by atoms with Crippen molar-refractivity contribution in [1.29, 1.82) is 0 Å². The fourth-order valence-corrected chi connectivity index (χ4v) is 6.66. The Kier molecular flexibility index (Phi) is 44.5. The first-order chi connectivity index (χ1) is 27.6. The summed E-state index contributed by atoms with van der Waals surface area (Å²) in [6.45, 7) is 12.3. The topological polar surface area (TPSA) is 94.5 Å². The molecule has 0 amide bonds. The summed E-state index contributed by atoms with van der Waals surface area (Å²) in [5.74, 6) is -0.154. The fourth-order valence-electron chi connectivity index (χ4n) is 6.66. The maximum atomic E-state index is 12.4. The number of unbranched alkanes of at least 4 members (excludes halogenated alkanes) is 18. The second kappa shape index (κ2) is 46.0. The quantitative estimate of drug-likeness (QED) is 0.0282. The number of esters is 2. The highest BCUT2D eigenvalue weighted by Gasteiger charge is 2.12. The minimum Gasteiger partial charge on any atom is -0.466 e. The molecule has 0 spiro atoms. The van der Waals surface area contributed by atoms with E-state index in [4.69, 9.17) is 18.9 Å². The molecule has 0 aromatic heterocycles. The molecular weight excluding hydrogens is 703 g/mol. The highest BCUT2D eigenvalue weighted by Crippen LogP contribution is 2.13. The van der Waals surface area contributed by atoms with Crippen molar-refractivity contribution >= 4 is 11.9 Å². The monoisotopic (exact) mass is 794 g/mol. The van der Waals surface area contributed by atoms with Gasteiger partial charge in [0.2, 0.25) is 0 Å². The average molecular weight is 794 g/mol. The molecule has 0 heterocycles. The molecule has 1 N–H and O–H groups in total. The van der Waals surface area contributed by atoms with Crippen molar-refractivity contribution in [2.24, 2.45) is 0 Å². The van der Waals surface area contributed by atoms with E-state index in [-0.39, 0.29) is 24.8 Å². The number of nitrogens with zero attached hydrogens (tertiary/aromatic N) is 1. The van der Waals surface area contributed by atoms with E-state index < -0.39 is 0 Å². The van der Waals surface area contributed by atoms with Crippen molar-refractivity contribution in [1.82, 2.24) is 4.90 Å². The van der Waals surface area contributed by atoms with Crippen molar-refractivity contribution in [3.8, 4) is 0 Å². The summed E-state index contributed by atoms with van der Waals surface area (Å²) in [5.41, 5.74) is 0. The van der Waals surface area contributed by atoms with Gasteiger partial charge in [0.1, 0.15) is 0 Å². The molecule has 0 aliphatic carbocycles. The summed E-state index contributed by atoms with van der Waals surface area (Å²) in [5, 5.41) is 9.37. The third kappa shape index (κ3) is 41.9. The molecule has 0 unspecified atom stereocenters. The summed E-state index contributed by atoms with van der Waals surface area (Å²) in [7, 11) is 0. The number of carbonyl (C=O) groups excluding carboxylic acids is 2. The van der Waals surface area contributed by atoms with Crippen molar-refractivity contribution in [2.45, 2.75) is 220 Å². The van der Waals surface area contributed by atoms with E-state index in [0.717, 1.165) is 142 Å². The first-order valence-corrected chi connectivity index (χ1v) is 23.7. The lowest BCUT2D eigenvalue weighted by Crippen LogP contribution is -2.27. The molecule has 8 heteroatoms. The minimum absolute atomic E-state index is 0.0340. The van der Waals surface area contributed by atoms with Crippen LogP contribution in [0.15, 0.2) is 24.3 Å². The Morgan fingerprint density at radius 1 is 0.482 bits per heavy atom. The number of ether oxygens (including phenoxy) is 4. The molecule has 0 aliphatic heterocycles. The van der Waals surface area contributed by atoms with E-state index in [1.165, 1.54) is 44.9 Å². The van der Waals surface area contributed by atoms with Crippen LogP contribution in [0.4, 0.5) is 0 Å². The predicted octanol–water partition coefficient (Wildman–Crippen LogP) is 12.6. The van der Waals surface area contributed by atoms with Crippen molar-refractivity contribution in [2.75, 3.05) is 52.7 Å². The summed E-state index contributed by atoms with van der Waals surface area (Å²) in [6, 6.07) is 0. The van der Waals surface area contributed by atoms with Crippen LogP contribution in [-0.4, -0.2) is 80.9 Å². The molecule has 0 saturated heterocycles. The lowest BCUT2D eigenvalue weighted by molar-refractivity contribution is -0.152. The number of allylic oxidation sites excluding steroid dienone is 4. The molecule has 56 heavy (non-hydrogen) atoms. The van der Waals surface area contributed by atoms with Gasteiger partial charge in [-0.15, -0.1) is 0 Å². The van der Waals surface area contributed by atoms with E-state index in [2.05, 4.69) is 50.0 Å². The van der Waals surface area contributed by atoms with E-state index in [0.29, 0.717) is 52.1 Å². The second-order valence-electron chi connectivity index (χ2n) is 15.6. The number of hydrogen-bond donors (Lipinski definition) is 1. The van der Waals surface area contributed by atoms with Crippen molar-refractivity contribution in [3.05, 3.63) is 24.3 Å². The van der Waals surface area contributed by atoms with Crippen LogP contribution in [0.3, 0.4) is 0 Å². The lowest BCUT2D eigenvalue weighted by Gasteiger charge is -2.22. The van der Waals surface area contributed by atoms with E-state index >= 15 is 0 Å². The number of aliphatic hydroxyl groups is 1. The highest BCUT2D eigenvalue weighted by atomic mass is 16.7. The van der Waals surface area contributed by atoms with Crippen molar-refractivity contribution < 1.29 is 33.6 Å². The van der Waals surface area contributed by atoms with E-state index in [1.54, 1.807) is 0 Å². The molecule has 0 fully saturated rings. The van der Waals surface area contributed by atoms with Crippen molar-refractivity contribution in [3.63, 3.8) is 0 Å². The zero-order valence-electron chi connectivity index (χ0n) is 37.1. The maximum Gasteiger partial charge on any atom is 0.305 e. The molecule has 8 nitrogen and oxygen atoms in total. The van der Waals surface area contributed by atoms with E-state index in [9.17, 15) is 14.7 Å². The Morgan fingerprint density at radius 3 is 1.41 bits per heavy atom. The number of carbonyl (C=O) groups is 2. The van der Waals surface area contributed by atoms with Crippen LogP contribution in [-0.2, 0) is 28.5 Å². The second-order valence-corrected chi connectivity index (χ2v) is 15.6. The molecular formula is C48H91NO7. The largest absolute Gasteiger partial charge is 0.466 e. The molecule has 0 saturated carbocycles. The Labute approximate surface area is 346 Å². The van der Waals surface area contributed by atoms with Gasteiger partial charge in [-0.2, -0.15) is 0 Å². The third-order valence-corrected chi connectivity index (χ3v) is 10.1. The van der Waals surface area contributed by atoms with Gasteiger partial charge in [-0.1, -0.05) is 122 Å². The van der Waals surface area contributed by atoms with Gasteiger partial charge in [-0.05, 0) is 116 Å². The predicted molar refractivity (Wildman–Crippen MR) is 235 cm³/mol. The number of rotatable bonds is 45. The standard InChI is InChI=1S/C48H91NO7/c1-4-7-10-13-16-24-29-42-53-46(51)35-26-19-17-20-27-38-49(40-34-41-50)39-28-21-18-25-30-43-54-47(52)36-33-37-48(55-44-31-22-14-11-8-5-2)56-45-32-23-15-12-9-6-3/h8-9,11-12,48,50H,4-7,10,13-45H2,1-3H3/b11-8-,12-9-. The minimum atomic E-state index is -0.252. The van der Waals surface area contributed by atoms with Crippen LogP contribution in [0.25, 0.3) is 0 Å².